The van der Waals surface area contributed by atoms with Gasteiger partial charge in [0.25, 0.3) is 0 Å². The summed E-state index contributed by atoms with van der Waals surface area (Å²) in [6.07, 6.45) is 0.729. The molecule has 1 aliphatic heterocycles. The summed E-state index contributed by atoms with van der Waals surface area (Å²) >= 11 is 0. The summed E-state index contributed by atoms with van der Waals surface area (Å²) in [6, 6.07) is 10.2. The summed E-state index contributed by atoms with van der Waals surface area (Å²) in [5, 5.41) is 6.48. The molecule has 1 aliphatic rings. The third kappa shape index (κ3) is 7.75. The van der Waals surface area contributed by atoms with Gasteiger partial charge in [0.15, 0.2) is 5.96 Å². The minimum atomic E-state index is -5.24. The summed E-state index contributed by atoms with van der Waals surface area (Å²) in [4.78, 5) is 6.31. The van der Waals surface area contributed by atoms with Crippen molar-refractivity contribution in [3.63, 3.8) is 0 Å². The number of sulfonamides is 1. The van der Waals surface area contributed by atoms with Crippen LogP contribution in [0.2, 0.25) is 0 Å². The van der Waals surface area contributed by atoms with Gasteiger partial charge in [-0.25, -0.2) is 8.42 Å². The summed E-state index contributed by atoms with van der Waals surface area (Å²) in [7, 11) is 0.411. The smallest absolute Gasteiger partial charge is 0.356 e. The number of nitrogens with one attached hydrogen (secondary N) is 2. The number of piperidine rings is 1. The Kier molecular flexibility index (Phi) is 11.0. The van der Waals surface area contributed by atoms with E-state index in [9.17, 15) is 21.6 Å². The highest BCUT2D eigenvalue weighted by molar-refractivity contribution is 14.0. The summed E-state index contributed by atoms with van der Waals surface area (Å²) in [6.45, 7) is 0.879. The Morgan fingerprint density at radius 2 is 1.77 bits per heavy atom. The van der Waals surface area contributed by atoms with E-state index in [1.807, 2.05) is 32.3 Å². The maximum absolute atomic E-state index is 12.7. The molecule has 0 aromatic heterocycles. The zero-order valence-electron chi connectivity index (χ0n) is 17.9. The van der Waals surface area contributed by atoms with Gasteiger partial charge in [-0.05, 0) is 38.4 Å². The van der Waals surface area contributed by atoms with Gasteiger partial charge in [0.2, 0.25) is 0 Å². The summed E-state index contributed by atoms with van der Waals surface area (Å²) in [5.74, 6) is 0.671. The van der Waals surface area contributed by atoms with Gasteiger partial charge in [0.1, 0.15) is 0 Å². The SMILES string of the molecule is CN=C(NCC1CCN(S(=O)(=O)C(F)(F)F)CC1)NCC(c1ccccc1)N(C)C.I. The number of guanidine groups is 1. The molecule has 1 atom stereocenters. The highest BCUT2D eigenvalue weighted by Crippen LogP contribution is 2.30. The minimum absolute atomic E-state index is 0. The number of halogens is 4. The molecular formula is C19H31F3IN5O2S. The number of hydrogen-bond donors (Lipinski definition) is 2. The van der Waals surface area contributed by atoms with Crippen LogP contribution >= 0.6 is 24.0 Å². The molecule has 2 N–H and O–H groups in total. The second kappa shape index (κ2) is 12.2. The van der Waals surface area contributed by atoms with E-state index in [0.717, 1.165) is 0 Å². The van der Waals surface area contributed by atoms with Crippen molar-refractivity contribution in [2.75, 3.05) is 47.3 Å². The fraction of sp³-hybridized carbons (Fsp3) is 0.632. The Morgan fingerprint density at radius 3 is 2.26 bits per heavy atom. The number of alkyl halides is 3. The van der Waals surface area contributed by atoms with Crippen molar-refractivity contribution in [2.45, 2.75) is 24.4 Å². The van der Waals surface area contributed by atoms with E-state index in [0.29, 0.717) is 36.2 Å². The van der Waals surface area contributed by atoms with Gasteiger partial charge in [-0.2, -0.15) is 17.5 Å². The molecule has 1 aromatic carbocycles. The van der Waals surface area contributed by atoms with Gasteiger partial charge in [0, 0.05) is 33.2 Å². The van der Waals surface area contributed by atoms with Gasteiger partial charge in [-0.3, -0.25) is 4.99 Å². The first-order chi connectivity index (χ1) is 14.1. The molecule has 1 heterocycles. The van der Waals surface area contributed by atoms with Crippen LogP contribution in [0.15, 0.2) is 35.3 Å². The lowest BCUT2D eigenvalue weighted by atomic mass is 9.98. The largest absolute Gasteiger partial charge is 0.511 e. The molecule has 1 aromatic rings. The Labute approximate surface area is 199 Å². The standard InChI is InChI=1S/C19H30F3N5O2S.HI/c1-23-18(25-14-17(26(2)3)16-7-5-4-6-8-16)24-13-15-9-11-27(12-10-15)30(28,29)19(20,21)22;/h4-8,15,17H,9-14H2,1-3H3,(H2,23,24,25);1H. The van der Waals surface area contributed by atoms with Crippen molar-refractivity contribution in [2.24, 2.45) is 10.9 Å². The van der Waals surface area contributed by atoms with Crippen LogP contribution in [0, 0.1) is 5.92 Å². The third-order valence-corrected chi connectivity index (χ3v) is 6.89. The first-order valence-electron chi connectivity index (χ1n) is 9.78. The van der Waals surface area contributed by atoms with Crippen LogP contribution in [0.5, 0.6) is 0 Å². The van der Waals surface area contributed by atoms with Crippen LogP contribution in [-0.4, -0.2) is 76.4 Å². The summed E-state index contributed by atoms with van der Waals surface area (Å²) < 4.78 is 61.5. The molecule has 0 aliphatic carbocycles. The van der Waals surface area contributed by atoms with Crippen molar-refractivity contribution in [1.29, 1.82) is 0 Å². The zero-order valence-corrected chi connectivity index (χ0v) is 21.0. The Bertz CT molecular complexity index is 799. The number of nitrogens with zero attached hydrogens (tertiary/aromatic N) is 3. The molecule has 178 valence electrons. The van der Waals surface area contributed by atoms with Crippen LogP contribution in [-0.2, 0) is 10.0 Å². The molecule has 1 unspecified atom stereocenters. The topological polar surface area (TPSA) is 77.0 Å². The number of likely N-dealkylation sites (N-methyl/N-ethyl adjacent to an activating group) is 1. The van der Waals surface area contributed by atoms with E-state index in [-0.39, 0.29) is 49.0 Å². The van der Waals surface area contributed by atoms with Crippen LogP contribution < -0.4 is 10.6 Å². The Morgan fingerprint density at radius 1 is 1.19 bits per heavy atom. The van der Waals surface area contributed by atoms with E-state index < -0.39 is 15.5 Å². The van der Waals surface area contributed by atoms with Crippen molar-refractivity contribution in [3.05, 3.63) is 35.9 Å². The molecule has 0 radical (unpaired) electrons. The Hall–Kier alpha value is -1.12. The monoisotopic (exact) mass is 577 g/mol. The van der Waals surface area contributed by atoms with Gasteiger partial charge >= 0.3 is 15.5 Å². The van der Waals surface area contributed by atoms with Crippen molar-refractivity contribution < 1.29 is 21.6 Å². The fourth-order valence-corrected chi connectivity index (χ4v) is 4.41. The van der Waals surface area contributed by atoms with Crippen molar-refractivity contribution >= 4 is 40.0 Å². The molecule has 0 amide bonds. The van der Waals surface area contributed by atoms with Crippen LogP contribution in [0.25, 0.3) is 0 Å². The molecule has 1 fully saturated rings. The average Bonchev–Trinajstić information content (AvgIpc) is 2.70. The normalized spacial score (nSPS) is 17.8. The first-order valence-corrected chi connectivity index (χ1v) is 11.2. The number of benzene rings is 1. The highest BCUT2D eigenvalue weighted by Gasteiger charge is 2.50. The van der Waals surface area contributed by atoms with Crippen LogP contribution in [0.1, 0.15) is 24.4 Å². The van der Waals surface area contributed by atoms with Gasteiger partial charge in [-0.1, -0.05) is 30.3 Å². The van der Waals surface area contributed by atoms with E-state index in [4.69, 9.17) is 0 Å². The van der Waals surface area contributed by atoms with E-state index in [1.165, 1.54) is 5.56 Å². The fourth-order valence-electron chi connectivity index (χ4n) is 3.43. The van der Waals surface area contributed by atoms with E-state index >= 15 is 0 Å². The number of aliphatic imine (C=N–C) groups is 1. The number of hydrogen-bond acceptors (Lipinski definition) is 4. The molecule has 0 bridgehead atoms. The lowest BCUT2D eigenvalue weighted by molar-refractivity contribution is -0.0496. The quantitative estimate of drug-likeness (QED) is 0.296. The predicted octanol–water partition coefficient (Wildman–Crippen LogP) is 2.63. The van der Waals surface area contributed by atoms with Crippen molar-refractivity contribution in [1.82, 2.24) is 19.8 Å². The van der Waals surface area contributed by atoms with Gasteiger partial charge < -0.3 is 15.5 Å². The lowest BCUT2D eigenvalue weighted by Gasteiger charge is -2.32. The Balaban J connectivity index is 0.00000480. The molecular weight excluding hydrogens is 546 g/mol. The molecule has 1 saturated heterocycles. The lowest BCUT2D eigenvalue weighted by Crippen LogP contribution is -2.47. The highest BCUT2D eigenvalue weighted by atomic mass is 127. The van der Waals surface area contributed by atoms with E-state index in [1.54, 1.807) is 7.05 Å². The van der Waals surface area contributed by atoms with Gasteiger partial charge in [0.05, 0.1) is 6.04 Å². The second-order valence-corrected chi connectivity index (χ2v) is 9.45. The maximum Gasteiger partial charge on any atom is 0.511 e. The molecule has 0 saturated carbocycles. The number of rotatable bonds is 7. The maximum atomic E-state index is 12.7. The first kappa shape index (κ1) is 27.9. The van der Waals surface area contributed by atoms with Gasteiger partial charge in [-0.15, -0.1) is 24.0 Å². The zero-order chi connectivity index (χ0) is 22.4. The van der Waals surface area contributed by atoms with E-state index in [2.05, 4.69) is 32.7 Å². The molecule has 0 spiro atoms. The molecule has 2 rings (SSSR count). The molecule has 31 heavy (non-hydrogen) atoms. The minimum Gasteiger partial charge on any atom is -0.356 e. The average molecular weight is 577 g/mol. The molecule has 7 nitrogen and oxygen atoms in total. The van der Waals surface area contributed by atoms with Crippen molar-refractivity contribution in [3.8, 4) is 0 Å². The second-order valence-electron chi connectivity index (χ2n) is 7.52. The third-order valence-electron chi connectivity index (χ3n) is 5.26. The molecule has 12 heteroatoms. The predicted molar refractivity (Wildman–Crippen MR) is 127 cm³/mol. The van der Waals surface area contributed by atoms with Crippen LogP contribution in [0.4, 0.5) is 13.2 Å². The van der Waals surface area contributed by atoms with Crippen LogP contribution in [0.3, 0.4) is 0 Å². The summed E-state index contributed by atoms with van der Waals surface area (Å²) in [5.41, 5.74) is -4.07.